The maximum atomic E-state index is 12.4. The first-order valence-corrected chi connectivity index (χ1v) is 10.2. The summed E-state index contributed by atoms with van der Waals surface area (Å²) >= 11 is 0. The van der Waals surface area contributed by atoms with Gasteiger partial charge in [0.05, 0.1) is 19.8 Å². The predicted molar refractivity (Wildman–Crippen MR) is 110 cm³/mol. The van der Waals surface area contributed by atoms with Gasteiger partial charge in [0.2, 0.25) is 5.91 Å². The molecule has 1 aliphatic carbocycles. The molecule has 1 heterocycles. The van der Waals surface area contributed by atoms with E-state index in [1.807, 2.05) is 18.2 Å². The number of nitrogens with one attached hydrogen (secondary N) is 2. The number of benzene rings is 2. The lowest BCUT2D eigenvalue weighted by Gasteiger charge is -2.20. The molecule has 28 heavy (non-hydrogen) atoms. The first kappa shape index (κ1) is 18.8. The summed E-state index contributed by atoms with van der Waals surface area (Å²) < 4.78 is 11.3. The zero-order valence-electron chi connectivity index (χ0n) is 16.4. The van der Waals surface area contributed by atoms with E-state index < -0.39 is 0 Å². The van der Waals surface area contributed by atoms with Gasteiger partial charge in [0.15, 0.2) is 11.5 Å². The molecule has 5 heteroatoms. The number of anilines is 1. The van der Waals surface area contributed by atoms with Crippen molar-refractivity contribution in [2.24, 2.45) is 0 Å². The van der Waals surface area contributed by atoms with E-state index >= 15 is 0 Å². The lowest BCUT2D eigenvalue weighted by molar-refractivity contribution is -0.115. The molecular weight excluding hydrogens is 352 g/mol. The van der Waals surface area contributed by atoms with Gasteiger partial charge < -0.3 is 20.1 Å². The molecule has 0 saturated heterocycles. The zero-order valence-corrected chi connectivity index (χ0v) is 16.4. The molecule has 1 atom stereocenters. The van der Waals surface area contributed by atoms with E-state index in [1.54, 1.807) is 0 Å². The molecule has 0 aromatic heterocycles. The molecule has 1 aliphatic heterocycles. The van der Waals surface area contributed by atoms with Gasteiger partial charge in [0.25, 0.3) is 0 Å². The molecule has 0 fully saturated rings. The van der Waals surface area contributed by atoms with Crippen molar-refractivity contribution in [3.05, 3.63) is 53.1 Å². The molecule has 2 aromatic carbocycles. The lowest BCUT2D eigenvalue weighted by Crippen LogP contribution is -2.30. The van der Waals surface area contributed by atoms with E-state index in [9.17, 15) is 4.79 Å². The van der Waals surface area contributed by atoms with E-state index in [0.717, 1.165) is 17.9 Å². The number of rotatable bonds is 5. The largest absolute Gasteiger partial charge is 0.490 e. The van der Waals surface area contributed by atoms with Crippen molar-refractivity contribution in [3.63, 3.8) is 0 Å². The highest BCUT2D eigenvalue weighted by Crippen LogP contribution is 2.32. The van der Waals surface area contributed by atoms with E-state index in [0.29, 0.717) is 19.0 Å². The molecule has 2 N–H and O–H groups in total. The van der Waals surface area contributed by atoms with Crippen LogP contribution in [0.3, 0.4) is 0 Å². The summed E-state index contributed by atoms with van der Waals surface area (Å²) in [6.45, 7) is 3.64. The van der Waals surface area contributed by atoms with Crippen LogP contribution < -0.4 is 20.1 Å². The summed E-state index contributed by atoms with van der Waals surface area (Å²) in [7, 11) is 0. The Morgan fingerprint density at radius 1 is 0.964 bits per heavy atom. The van der Waals surface area contributed by atoms with Gasteiger partial charge in [-0.2, -0.15) is 0 Å². The van der Waals surface area contributed by atoms with Crippen LogP contribution in [0.25, 0.3) is 0 Å². The molecule has 4 rings (SSSR count). The van der Waals surface area contributed by atoms with Crippen molar-refractivity contribution >= 4 is 11.6 Å². The average molecular weight is 380 g/mol. The maximum absolute atomic E-state index is 12.4. The van der Waals surface area contributed by atoms with Gasteiger partial charge in [-0.1, -0.05) is 18.2 Å². The Morgan fingerprint density at radius 2 is 1.75 bits per heavy atom. The number of hydrogen-bond donors (Lipinski definition) is 2. The van der Waals surface area contributed by atoms with Crippen LogP contribution in [0, 0.1) is 0 Å². The molecule has 2 aromatic rings. The standard InChI is InChI=1S/C23H28N2O3/c1-16(18-8-7-17-5-2-3-6-19(17)13-18)24-15-23(26)25-20-9-10-21-22(14-20)28-12-4-11-27-21/h7-10,13-14,16,24H,2-6,11-12,15H2,1H3,(H,25,26). The number of carbonyl (C=O) groups is 1. The van der Waals surface area contributed by atoms with Gasteiger partial charge in [-0.3, -0.25) is 4.79 Å². The van der Waals surface area contributed by atoms with E-state index in [4.69, 9.17) is 9.47 Å². The van der Waals surface area contributed by atoms with E-state index in [1.165, 1.54) is 42.4 Å². The van der Waals surface area contributed by atoms with E-state index in [2.05, 4.69) is 35.8 Å². The van der Waals surface area contributed by atoms with Crippen molar-refractivity contribution in [1.82, 2.24) is 5.32 Å². The fourth-order valence-corrected chi connectivity index (χ4v) is 3.83. The highest BCUT2D eigenvalue weighted by atomic mass is 16.5. The van der Waals surface area contributed by atoms with Crippen molar-refractivity contribution in [3.8, 4) is 11.5 Å². The smallest absolute Gasteiger partial charge is 0.238 e. The maximum Gasteiger partial charge on any atom is 0.238 e. The lowest BCUT2D eigenvalue weighted by atomic mass is 9.89. The van der Waals surface area contributed by atoms with Crippen LogP contribution in [0.2, 0.25) is 0 Å². The summed E-state index contributed by atoms with van der Waals surface area (Å²) in [5.41, 5.74) is 4.91. The average Bonchev–Trinajstić information content (AvgIpc) is 2.96. The van der Waals surface area contributed by atoms with Gasteiger partial charge in [0.1, 0.15) is 0 Å². The van der Waals surface area contributed by atoms with Crippen LogP contribution in [0.5, 0.6) is 11.5 Å². The number of fused-ring (bicyclic) bond motifs is 2. The van der Waals surface area contributed by atoms with Crippen molar-refractivity contribution in [2.45, 2.75) is 45.1 Å². The Kier molecular flexibility index (Phi) is 5.81. The molecule has 0 saturated carbocycles. The van der Waals surface area contributed by atoms with Gasteiger partial charge >= 0.3 is 0 Å². The first-order valence-electron chi connectivity index (χ1n) is 10.2. The highest BCUT2D eigenvalue weighted by Gasteiger charge is 2.14. The van der Waals surface area contributed by atoms with Gasteiger partial charge in [-0.05, 0) is 61.4 Å². The first-order chi connectivity index (χ1) is 13.7. The third kappa shape index (κ3) is 4.47. The van der Waals surface area contributed by atoms with Gasteiger partial charge in [0, 0.05) is 24.2 Å². The Morgan fingerprint density at radius 3 is 2.61 bits per heavy atom. The fourth-order valence-electron chi connectivity index (χ4n) is 3.83. The molecule has 1 amide bonds. The topological polar surface area (TPSA) is 59.6 Å². The van der Waals surface area contributed by atoms with Crippen LogP contribution in [0.1, 0.15) is 48.9 Å². The fraction of sp³-hybridized carbons (Fsp3) is 0.435. The summed E-state index contributed by atoms with van der Waals surface area (Å²) in [5.74, 6) is 1.35. The monoisotopic (exact) mass is 380 g/mol. The summed E-state index contributed by atoms with van der Waals surface area (Å²) in [5, 5.41) is 6.26. The predicted octanol–water partition coefficient (Wildman–Crippen LogP) is 4.02. The van der Waals surface area contributed by atoms with E-state index in [-0.39, 0.29) is 18.5 Å². The third-order valence-corrected chi connectivity index (χ3v) is 5.47. The minimum Gasteiger partial charge on any atom is -0.490 e. The van der Waals surface area contributed by atoms with Gasteiger partial charge in [-0.25, -0.2) is 0 Å². The Hall–Kier alpha value is -2.53. The van der Waals surface area contributed by atoms with Crippen LogP contribution in [0.4, 0.5) is 5.69 Å². The Labute approximate surface area is 166 Å². The number of hydrogen-bond acceptors (Lipinski definition) is 4. The Balaban J connectivity index is 1.32. The second-order valence-corrected chi connectivity index (χ2v) is 7.60. The highest BCUT2D eigenvalue weighted by molar-refractivity contribution is 5.92. The summed E-state index contributed by atoms with van der Waals surface area (Å²) in [4.78, 5) is 12.4. The summed E-state index contributed by atoms with van der Waals surface area (Å²) in [6, 6.07) is 12.4. The second kappa shape index (κ2) is 8.65. The molecular formula is C23H28N2O3. The van der Waals surface area contributed by atoms with Crippen LogP contribution in [-0.2, 0) is 17.6 Å². The number of carbonyl (C=O) groups excluding carboxylic acids is 1. The number of ether oxygens (including phenoxy) is 2. The molecule has 148 valence electrons. The van der Waals surface area contributed by atoms with Crippen molar-refractivity contribution < 1.29 is 14.3 Å². The molecule has 0 bridgehead atoms. The molecule has 2 aliphatic rings. The minimum absolute atomic E-state index is 0.0701. The molecule has 0 radical (unpaired) electrons. The number of amides is 1. The molecule has 0 spiro atoms. The Bertz CT molecular complexity index is 850. The zero-order chi connectivity index (χ0) is 19.3. The van der Waals surface area contributed by atoms with Crippen LogP contribution >= 0.6 is 0 Å². The van der Waals surface area contributed by atoms with Gasteiger partial charge in [-0.15, -0.1) is 0 Å². The van der Waals surface area contributed by atoms with Crippen molar-refractivity contribution in [1.29, 1.82) is 0 Å². The molecule has 1 unspecified atom stereocenters. The van der Waals surface area contributed by atoms with Crippen LogP contribution in [0.15, 0.2) is 36.4 Å². The second-order valence-electron chi connectivity index (χ2n) is 7.60. The quantitative estimate of drug-likeness (QED) is 0.823. The SMILES string of the molecule is CC(NCC(=O)Nc1ccc2c(c1)OCCCO2)c1ccc2c(c1)CCCC2. The minimum atomic E-state index is -0.0701. The van der Waals surface area contributed by atoms with Crippen LogP contribution in [-0.4, -0.2) is 25.7 Å². The normalized spacial score (nSPS) is 16.6. The molecule has 5 nitrogen and oxygen atoms in total. The summed E-state index contributed by atoms with van der Waals surface area (Å²) in [6.07, 6.45) is 5.78. The van der Waals surface area contributed by atoms with Crippen molar-refractivity contribution in [2.75, 3.05) is 25.1 Å². The third-order valence-electron chi connectivity index (χ3n) is 5.47. The number of aryl methyl sites for hydroxylation is 2.